The standard InChI is InChI=1S/C12H15ClO/c13-8-12(14)11-7-3-5-9-4-1-2-6-10(9)11/h3,5,7,12,14H,1-2,4,6,8H2. The van der Waals surface area contributed by atoms with Gasteiger partial charge in [0.2, 0.25) is 0 Å². The first kappa shape index (κ1) is 10.0. The molecular formula is C12H15ClO. The van der Waals surface area contributed by atoms with Crippen molar-refractivity contribution >= 4 is 11.6 Å². The zero-order chi connectivity index (χ0) is 9.97. The Bertz CT molecular complexity index is 322. The Kier molecular flexibility index (Phi) is 3.09. The minimum atomic E-state index is -0.496. The van der Waals surface area contributed by atoms with Crippen molar-refractivity contribution in [2.24, 2.45) is 0 Å². The quantitative estimate of drug-likeness (QED) is 0.745. The van der Waals surface area contributed by atoms with Crippen molar-refractivity contribution in [1.29, 1.82) is 0 Å². The highest BCUT2D eigenvalue weighted by Gasteiger charge is 2.16. The van der Waals surface area contributed by atoms with Gasteiger partial charge in [-0.1, -0.05) is 18.2 Å². The zero-order valence-corrected chi connectivity index (χ0v) is 8.93. The summed E-state index contributed by atoms with van der Waals surface area (Å²) in [5.74, 6) is 0.288. The van der Waals surface area contributed by atoms with Crippen LogP contribution in [0.3, 0.4) is 0 Å². The third-order valence-electron chi connectivity index (χ3n) is 2.94. The lowest BCUT2D eigenvalue weighted by Crippen LogP contribution is -2.10. The molecule has 1 N–H and O–H groups in total. The van der Waals surface area contributed by atoms with E-state index in [0.717, 1.165) is 18.4 Å². The highest BCUT2D eigenvalue weighted by Crippen LogP contribution is 2.28. The topological polar surface area (TPSA) is 20.2 Å². The van der Waals surface area contributed by atoms with Gasteiger partial charge in [0.25, 0.3) is 0 Å². The largest absolute Gasteiger partial charge is 0.387 e. The summed E-state index contributed by atoms with van der Waals surface area (Å²) in [4.78, 5) is 0. The van der Waals surface area contributed by atoms with Gasteiger partial charge in [-0.15, -0.1) is 11.6 Å². The molecule has 76 valence electrons. The van der Waals surface area contributed by atoms with Crippen molar-refractivity contribution in [2.45, 2.75) is 31.8 Å². The van der Waals surface area contributed by atoms with Gasteiger partial charge in [0.15, 0.2) is 0 Å². The number of fused-ring (bicyclic) bond motifs is 1. The fourth-order valence-corrected chi connectivity index (χ4v) is 2.37. The molecular weight excluding hydrogens is 196 g/mol. The van der Waals surface area contributed by atoms with E-state index in [1.165, 1.54) is 24.0 Å². The third-order valence-corrected chi connectivity index (χ3v) is 3.23. The van der Waals surface area contributed by atoms with Crippen molar-refractivity contribution in [3.63, 3.8) is 0 Å². The molecule has 2 rings (SSSR count). The number of aryl methyl sites for hydroxylation is 1. The van der Waals surface area contributed by atoms with Gasteiger partial charge in [-0.3, -0.25) is 0 Å². The van der Waals surface area contributed by atoms with Crippen LogP contribution in [-0.2, 0) is 12.8 Å². The first-order valence-electron chi connectivity index (χ1n) is 5.17. The summed E-state index contributed by atoms with van der Waals surface area (Å²) < 4.78 is 0. The Morgan fingerprint density at radius 2 is 2.07 bits per heavy atom. The molecule has 0 amide bonds. The molecule has 0 aliphatic heterocycles. The molecule has 0 fully saturated rings. The lowest BCUT2D eigenvalue weighted by atomic mass is 9.87. The van der Waals surface area contributed by atoms with Crippen LogP contribution < -0.4 is 0 Å². The average Bonchev–Trinajstić information content (AvgIpc) is 2.27. The average molecular weight is 211 g/mol. The predicted molar refractivity (Wildman–Crippen MR) is 58.8 cm³/mol. The monoisotopic (exact) mass is 210 g/mol. The van der Waals surface area contributed by atoms with E-state index >= 15 is 0 Å². The van der Waals surface area contributed by atoms with Crippen molar-refractivity contribution in [2.75, 3.05) is 5.88 Å². The van der Waals surface area contributed by atoms with Gasteiger partial charge in [0, 0.05) is 0 Å². The summed E-state index contributed by atoms with van der Waals surface area (Å²) in [6.45, 7) is 0. The van der Waals surface area contributed by atoms with Gasteiger partial charge < -0.3 is 5.11 Å². The third kappa shape index (κ3) is 1.79. The molecule has 0 bridgehead atoms. The normalized spacial score (nSPS) is 17.6. The van der Waals surface area contributed by atoms with E-state index in [4.69, 9.17) is 11.6 Å². The molecule has 1 nitrogen and oxygen atoms in total. The van der Waals surface area contributed by atoms with Crippen LogP contribution in [0, 0.1) is 0 Å². The molecule has 0 aromatic heterocycles. The van der Waals surface area contributed by atoms with Crippen LogP contribution in [0.5, 0.6) is 0 Å². The van der Waals surface area contributed by atoms with Gasteiger partial charge in [-0.25, -0.2) is 0 Å². The second-order valence-corrected chi connectivity index (χ2v) is 4.17. The van der Waals surface area contributed by atoms with Crippen molar-refractivity contribution in [1.82, 2.24) is 0 Å². The Labute approximate surface area is 89.7 Å². The summed E-state index contributed by atoms with van der Waals surface area (Å²) in [5.41, 5.74) is 3.78. The number of aliphatic hydroxyl groups is 1. The molecule has 2 heteroatoms. The van der Waals surface area contributed by atoms with Crippen LogP contribution in [0.15, 0.2) is 18.2 Å². The number of rotatable bonds is 2. The van der Waals surface area contributed by atoms with Crippen LogP contribution in [0.1, 0.15) is 35.6 Å². The number of aliphatic hydroxyl groups excluding tert-OH is 1. The number of benzene rings is 1. The summed E-state index contributed by atoms with van der Waals surface area (Å²) in [6, 6.07) is 6.19. The van der Waals surface area contributed by atoms with Gasteiger partial charge in [-0.2, -0.15) is 0 Å². The molecule has 14 heavy (non-hydrogen) atoms. The molecule has 0 saturated carbocycles. The first-order chi connectivity index (χ1) is 6.83. The molecule has 1 aromatic carbocycles. The van der Waals surface area contributed by atoms with Crippen LogP contribution in [0.25, 0.3) is 0 Å². The lowest BCUT2D eigenvalue weighted by molar-refractivity contribution is 0.201. The van der Waals surface area contributed by atoms with Gasteiger partial charge in [0.1, 0.15) is 0 Å². The van der Waals surface area contributed by atoms with Crippen molar-refractivity contribution in [3.8, 4) is 0 Å². The fourth-order valence-electron chi connectivity index (χ4n) is 2.21. The minimum absolute atomic E-state index is 0.288. The second-order valence-electron chi connectivity index (χ2n) is 3.86. The predicted octanol–water partition coefficient (Wildman–Crippen LogP) is 2.84. The SMILES string of the molecule is OC(CCl)c1cccc2c1CCCC2. The van der Waals surface area contributed by atoms with Crippen LogP contribution in [0.2, 0.25) is 0 Å². The van der Waals surface area contributed by atoms with Crippen LogP contribution in [-0.4, -0.2) is 11.0 Å². The van der Waals surface area contributed by atoms with E-state index in [0.29, 0.717) is 0 Å². The van der Waals surface area contributed by atoms with E-state index in [1.807, 2.05) is 12.1 Å². The maximum atomic E-state index is 9.75. The van der Waals surface area contributed by atoms with E-state index < -0.39 is 6.10 Å². The lowest BCUT2D eigenvalue weighted by Gasteiger charge is -2.21. The number of hydrogen-bond acceptors (Lipinski definition) is 1. The fraction of sp³-hybridized carbons (Fsp3) is 0.500. The summed E-state index contributed by atoms with van der Waals surface area (Å²) in [6.07, 6.45) is 4.26. The van der Waals surface area contributed by atoms with Crippen LogP contribution in [0.4, 0.5) is 0 Å². The smallest absolute Gasteiger partial charge is 0.0928 e. The zero-order valence-electron chi connectivity index (χ0n) is 8.17. The number of halogens is 1. The highest BCUT2D eigenvalue weighted by atomic mass is 35.5. The van der Waals surface area contributed by atoms with E-state index in [-0.39, 0.29) is 5.88 Å². The Balaban J connectivity index is 2.39. The maximum Gasteiger partial charge on any atom is 0.0928 e. The summed E-state index contributed by atoms with van der Waals surface area (Å²) >= 11 is 5.68. The molecule has 0 saturated heterocycles. The molecule has 1 unspecified atom stereocenters. The number of alkyl halides is 1. The van der Waals surface area contributed by atoms with Crippen LogP contribution >= 0.6 is 11.6 Å². The molecule has 0 radical (unpaired) electrons. The molecule has 1 aromatic rings. The molecule has 1 aliphatic rings. The molecule has 0 spiro atoms. The second kappa shape index (κ2) is 4.33. The molecule has 1 atom stereocenters. The summed E-state index contributed by atoms with van der Waals surface area (Å²) in [5, 5.41) is 9.75. The Morgan fingerprint density at radius 1 is 1.29 bits per heavy atom. The first-order valence-corrected chi connectivity index (χ1v) is 5.71. The van der Waals surface area contributed by atoms with Gasteiger partial charge in [0.05, 0.1) is 12.0 Å². The van der Waals surface area contributed by atoms with Crippen molar-refractivity contribution in [3.05, 3.63) is 34.9 Å². The molecule has 1 aliphatic carbocycles. The maximum absolute atomic E-state index is 9.75. The van der Waals surface area contributed by atoms with Crippen molar-refractivity contribution < 1.29 is 5.11 Å². The van der Waals surface area contributed by atoms with E-state index in [1.54, 1.807) is 0 Å². The van der Waals surface area contributed by atoms with E-state index in [2.05, 4.69) is 6.07 Å². The summed E-state index contributed by atoms with van der Waals surface area (Å²) in [7, 11) is 0. The van der Waals surface area contributed by atoms with Gasteiger partial charge >= 0.3 is 0 Å². The Morgan fingerprint density at radius 3 is 2.86 bits per heavy atom. The van der Waals surface area contributed by atoms with E-state index in [9.17, 15) is 5.11 Å². The molecule has 0 heterocycles. The van der Waals surface area contributed by atoms with Gasteiger partial charge in [-0.05, 0) is 42.4 Å². The minimum Gasteiger partial charge on any atom is -0.387 e. The number of hydrogen-bond donors (Lipinski definition) is 1. The Hall–Kier alpha value is -0.530. The highest BCUT2D eigenvalue weighted by molar-refractivity contribution is 6.18.